The van der Waals surface area contributed by atoms with Crippen molar-refractivity contribution in [2.24, 2.45) is 10.2 Å². The lowest BCUT2D eigenvalue weighted by Gasteiger charge is -2.12. The van der Waals surface area contributed by atoms with Crippen molar-refractivity contribution in [3.63, 3.8) is 0 Å². The van der Waals surface area contributed by atoms with E-state index in [0.29, 0.717) is 16.3 Å². The lowest BCUT2D eigenvalue weighted by Crippen LogP contribution is -2.22. The minimum absolute atomic E-state index is 0.0202. The topological polar surface area (TPSA) is 104 Å². The van der Waals surface area contributed by atoms with Crippen molar-refractivity contribution in [3.8, 4) is 11.9 Å². The van der Waals surface area contributed by atoms with Crippen LogP contribution in [0.4, 0.5) is 11.4 Å². The lowest BCUT2D eigenvalue weighted by atomic mass is 10.1. The Morgan fingerprint density at radius 1 is 1.30 bits per heavy atom. The molecule has 8 heteroatoms. The van der Waals surface area contributed by atoms with E-state index in [1.165, 1.54) is 0 Å². The molecule has 0 saturated heterocycles. The van der Waals surface area contributed by atoms with Crippen LogP contribution in [0.1, 0.15) is 16.7 Å². The molecule has 0 saturated carbocycles. The first-order valence-corrected chi connectivity index (χ1v) is 8.31. The zero-order valence-corrected chi connectivity index (χ0v) is 15.1. The first kappa shape index (κ1) is 18.3. The van der Waals surface area contributed by atoms with Gasteiger partial charge in [0.25, 0.3) is 5.56 Å². The van der Waals surface area contributed by atoms with Gasteiger partial charge in [-0.15, -0.1) is 5.11 Å². The summed E-state index contributed by atoms with van der Waals surface area (Å²) in [6.07, 6.45) is 3.18. The number of hydrogen-bond donors (Lipinski definition) is 1. The molecule has 0 amide bonds. The first-order chi connectivity index (χ1) is 13.0. The van der Waals surface area contributed by atoms with Gasteiger partial charge in [0, 0.05) is 23.0 Å². The van der Waals surface area contributed by atoms with Crippen LogP contribution in [0.5, 0.6) is 5.88 Å². The molecule has 2 heterocycles. The summed E-state index contributed by atoms with van der Waals surface area (Å²) >= 11 is 5.92. The second kappa shape index (κ2) is 7.81. The normalized spacial score (nSPS) is 10.9. The fraction of sp³-hybridized carbons (Fsp3) is 0.105. The molecule has 0 bridgehead atoms. The summed E-state index contributed by atoms with van der Waals surface area (Å²) in [6, 6.07) is 12.1. The summed E-state index contributed by atoms with van der Waals surface area (Å²) in [6.45, 7) is 1.59. The third-order valence-corrected chi connectivity index (χ3v) is 4.14. The maximum absolute atomic E-state index is 12.9. The fourth-order valence-electron chi connectivity index (χ4n) is 2.52. The standard InChI is InChI=1S/C19H14ClN5O2/c1-12-16(9-21)18(26)25(11-13-4-3-7-22-10-13)19(27)17(12)24-23-15-6-2-5-14(20)8-15/h2-8,10,26H,11H2,1H3. The molecule has 0 aliphatic rings. The number of benzene rings is 1. The highest BCUT2D eigenvalue weighted by Crippen LogP contribution is 2.27. The van der Waals surface area contributed by atoms with Gasteiger partial charge in [-0.3, -0.25) is 14.3 Å². The highest BCUT2D eigenvalue weighted by Gasteiger charge is 2.19. The number of aromatic hydroxyl groups is 1. The highest BCUT2D eigenvalue weighted by atomic mass is 35.5. The van der Waals surface area contributed by atoms with E-state index < -0.39 is 11.4 Å². The highest BCUT2D eigenvalue weighted by molar-refractivity contribution is 6.30. The molecular formula is C19H14ClN5O2. The van der Waals surface area contributed by atoms with Crippen LogP contribution >= 0.6 is 11.6 Å². The monoisotopic (exact) mass is 379 g/mol. The molecule has 0 spiro atoms. The number of rotatable bonds is 4. The predicted octanol–water partition coefficient (Wildman–Crippen LogP) is 4.25. The molecule has 2 aromatic heterocycles. The minimum Gasteiger partial charge on any atom is -0.493 e. The number of aromatic nitrogens is 2. The van der Waals surface area contributed by atoms with Gasteiger partial charge in [0.05, 0.1) is 12.2 Å². The summed E-state index contributed by atoms with van der Waals surface area (Å²) in [5.74, 6) is -0.412. The molecule has 3 aromatic rings. The molecule has 1 aromatic carbocycles. The van der Waals surface area contributed by atoms with Gasteiger partial charge in [-0.2, -0.15) is 10.4 Å². The van der Waals surface area contributed by atoms with Gasteiger partial charge in [-0.05, 0) is 36.8 Å². The second-order valence-electron chi connectivity index (χ2n) is 5.72. The van der Waals surface area contributed by atoms with Crippen molar-refractivity contribution in [1.29, 1.82) is 5.26 Å². The minimum atomic E-state index is -0.557. The van der Waals surface area contributed by atoms with Gasteiger partial charge < -0.3 is 5.11 Å². The Bertz CT molecular complexity index is 1120. The number of halogens is 1. The number of azo groups is 1. The van der Waals surface area contributed by atoms with Gasteiger partial charge in [-0.25, -0.2) is 0 Å². The van der Waals surface area contributed by atoms with Crippen molar-refractivity contribution >= 4 is 23.0 Å². The molecule has 0 radical (unpaired) electrons. The van der Waals surface area contributed by atoms with Crippen molar-refractivity contribution < 1.29 is 5.11 Å². The maximum atomic E-state index is 12.9. The van der Waals surface area contributed by atoms with E-state index in [0.717, 1.165) is 4.57 Å². The van der Waals surface area contributed by atoms with E-state index in [-0.39, 0.29) is 23.4 Å². The number of pyridine rings is 2. The molecule has 0 aliphatic heterocycles. The van der Waals surface area contributed by atoms with Crippen LogP contribution in [0, 0.1) is 18.3 Å². The summed E-state index contributed by atoms with van der Waals surface area (Å²) < 4.78 is 1.08. The first-order valence-electron chi connectivity index (χ1n) is 7.94. The predicted molar refractivity (Wildman–Crippen MR) is 101 cm³/mol. The van der Waals surface area contributed by atoms with Crippen LogP contribution in [0.3, 0.4) is 0 Å². The molecule has 1 N–H and O–H groups in total. The Morgan fingerprint density at radius 3 is 2.78 bits per heavy atom. The van der Waals surface area contributed by atoms with E-state index >= 15 is 0 Å². The summed E-state index contributed by atoms with van der Waals surface area (Å²) in [4.78, 5) is 16.9. The Balaban J connectivity index is 2.12. The second-order valence-corrected chi connectivity index (χ2v) is 6.15. The molecular weight excluding hydrogens is 366 g/mol. The molecule has 0 atom stereocenters. The third kappa shape index (κ3) is 3.86. The Labute approximate surface area is 159 Å². The molecule has 0 fully saturated rings. The Kier molecular flexibility index (Phi) is 5.29. The van der Waals surface area contributed by atoms with Gasteiger partial charge in [-0.1, -0.05) is 23.7 Å². The zero-order valence-electron chi connectivity index (χ0n) is 14.3. The third-order valence-electron chi connectivity index (χ3n) is 3.91. The number of nitriles is 1. The van der Waals surface area contributed by atoms with Crippen LogP contribution in [-0.4, -0.2) is 14.7 Å². The molecule has 0 aliphatic carbocycles. The van der Waals surface area contributed by atoms with Crippen molar-refractivity contribution in [3.05, 3.63) is 80.9 Å². The smallest absolute Gasteiger partial charge is 0.281 e. The summed E-state index contributed by atoms with van der Waals surface area (Å²) in [5, 5.41) is 28.3. The van der Waals surface area contributed by atoms with Crippen LogP contribution in [0.15, 0.2) is 63.8 Å². The fourth-order valence-corrected chi connectivity index (χ4v) is 2.71. The zero-order chi connectivity index (χ0) is 19.4. The van der Waals surface area contributed by atoms with Crippen molar-refractivity contribution in [1.82, 2.24) is 9.55 Å². The molecule has 27 heavy (non-hydrogen) atoms. The number of hydrogen-bond acceptors (Lipinski definition) is 6. The van der Waals surface area contributed by atoms with Crippen LogP contribution in [0.2, 0.25) is 5.02 Å². The van der Waals surface area contributed by atoms with Crippen LogP contribution in [0.25, 0.3) is 0 Å². The quantitative estimate of drug-likeness (QED) is 0.684. The van der Waals surface area contributed by atoms with Gasteiger partial charge in [0.15, 0.2) is 5.69 Å². The summed E-state index contributed by atoms with van der Waals surface area (Å²) in [5.41, 5.74) is 0.811. The largest absolute Gasteiger partial charge is 0.493 e. The average molecular weight is 380 g/mol. The number of nitrogens with zero attached hydrogens (tertiary/aromatic N) is 5. The van der Waals surface area contributed by atoms with Crippen molar-refractivity contribution in [2.45, 2.75) is 13.5 Å². The molecule has 3 rings (SSSR count). The maximum Gasteiger partial charge on any atom is 0.281 e. The van der Waals surface area contributed by atoms with Gasteiger partial charge in [0.1, 0.15) is 11.6 Å². The van der Waals surface area contributed by atoms with E-state index in [2.05, 4.69) is 15.2 Å². The van der Waals surface area contributed by atoms with Gasteiger partial charge in [0.2, 0.25) is 5.88 Å². The van der Waals surface area contributed by atoms with E-state index in [1.54, 1.807) is 55.7 Å². The lowest BCUT2D eigenvalue weighted by molar-refractivity contribution is 0.412. The SMILES string of the molecule is Cc1c(C#N)c(O)n(Cc2cccnc2)c(=O)c1N=Nc1cccc(Cl)c1. The molecule has 0 unspecified atom stereocenters. The molecule has 7 nitrogen and oxygen atoms in total. The Hall–Kier alpha value is -3.50. The van der Waals surface area contributed by atoms with Gasteiger partial charge >= 0.3 is 0 Å². The molecule has 134 valence electrons. The summed E-state index contributed by atoms with van der Waals surface area (Å²) in [7, 11) is 0. The van der Waals surface area contributed by atoms with E-state index in [1.807, 2.05) is 6.07 Å². The van der Waals surface area contributed by atoms with Crippen LogP contribution < -0.4 is 5.56 Å². The van der Waals surface area contributed by atoms with E-state index in [4.69, 9.17) is 11.6 Å². The van der Waals surface area contributed by atoms with Crippen molar-refractivity contribution in [2.75, 3.05) is 0 Å². The van der Waals surface area contributed by atoms with E-state index in [9.17, 15) is 15.2 Å². The Morgan fingerprint density at radius 2 is 2.11 bits per heavy atom. The average Bonchev–Trinajstić information content (AvgIpc) is 2.66. The van der Waals surface area contributed by atoms with Crippen LogP contribution in [-0.2, 0) is 6.54 Å².